The van der Waals surface area contributed by atoms with E-state index in [1.54, 1.807) is 25.2 Å². The van der Waals surface area contributed by atoms with Gasteiger partial charge in [-0.05, 0) is 36.2 Å². The molecule has 0 aliphatic heterocycles. The number of nitrogens with zero attached hydrogens (tertiary/aromatic N) is 1. The molecule has 4 nitrogen and oxygen atoms in total. The van der Waals surface area contributed by atoms with Gasteiger partial charge in [0.2, 0.25) is 0 Å². The Kier molecular flexibility index (Phi) is 3.81. The average Bonchev–Trinajstić information content (AvgIpc) is 2.45. The van der Waals surface area contributed by atoms with E-state index in [9.17, 15) is 15.5 Å². The summed E-state index contributed by atoms with van der Waals surface area (Å²) < 4.78 is 0. The van der Waals surface area contributed by atoms with Gasteiger partial charge in [0.15, 0.2) is 0 Å². The maximum absolute atomic E-state index is 10.1. The lowest BCUT2D eigenvalue weighted by Crippen LogP contribution is -2.01. The first-order valence-electron chi connectivity index (χ1n) is 6.26. The van der Waals surface area contributed by atoms with Crippen LogP contribution in [0, 0.1) is 18.3 Å². The van der Waals surface area contributed by atoms with Crippen LogP contribution in [-0.4, -0.2) is 17.3 Å². The Morgan fingerprint density at radius 1 is 1.15 bits per heavy atom. The lowest BCUT2D eigenvalue weighted by atomic mass is 9.90. The molecule has 0 heterocycles. The number of phenols is 2. The summed E-state index contributed by atoms with van der Waals surface area (Å²) in [5, 5.41) is 31.8. The number of benzene rings is 2. The van der Waals surface area contributed by atoms with E-state index in [0.717, 1.165) is 16.8 Å². The van der Waals surface area contributed by atoms with Gasteiger partial charge in [-0.25, -0.2) is 0 Å². The highest BCUT2D eigenvalue weighted by Crippen LogP contribution is 2.35. The third-order valence-corrected chi connectivity index (χ3v) is 3.31. The molecule has 2 rings (SSSR count). The first-order valence-corrected chi connectivity index (χ1v) is 6.26. The molecule has 2 aromatic carbocycles. The normalized spacial score (nSPS) is 11.7. The van der Waals surface area contributed by atoms with Crippen LogP contribution >= 0.6 is 0 Å². The van der Waals surface area contributed by atoms with E-state index >= 15 is 0 Å². The molecule has 0 saturated heterocycles. The minimum Gasteiger partial charge on any atom is -0.508 e. The number of rotatable bonds is 3. The van der Waals surface area contributed by atoms with Crippen LogP contribution in [0.4, 0.5) is 5.69 Å². The van der Waals surface area contributed by atoms with Crippen molar-refractivity contribution in [3.05, 3.63) is 53.1 Å². The van der Waals surface area contributed by atoms with E-state index < -0.39 is 5.92 Å². The Hall–Kier alpha value is -2.67. The fourth-order valence-electron chi connectivity index (χ4n) is 2.21. The van der Waals surface area contributed by atoms with Crippen LogP contribution in [0.5, 0.6) is 11.5 Å². The van der Waals surface area contributed by atoms with Crippen LogP contribution in [0.3, 0.4) is 0 Å². The fraction of sp³-hybridized carbons (Fsp3) is 0.188. The van der Waals surface area contributed by atoms with Crippen molar-refractivity contribution < 1.29 is 10.2 Å². The van der Waals surface area contributed by atoms with Crippen molar-refractivity contribution >= 4 is 5.69 Å². The largest absolute Gasteiger partial charge is 0.508 e. The molecular weight excluding hydrogens is 252 g/mol. The van der Waals surface area contributed by atoms with Crippen LogP contribution in [0.25, 0.3) is 0 Å². The van der Waals surface area contributed by atoms with Gasteiger partial charge in [-0.3, -0.25) is 0 Å². The molecule has 0 amide bonds. The van der Waals surface area contributed by atoms with Crippen molar-refractivity contribution in [1.29, 1.82) is 5.26 Å². The standard InChI is InChI=1S/C16H16N2O2/c1-10-7-13(16(20)8-15(10)18-2)14(9-17)11-3-5-12(19)6-4-11/h3-8,14,18-20H,1-2H3. The molecule has 4 heteroatoms. The molecule has 0 radical (unpaired) electrons. The van der Waals surface area contributed by atoms with Gasteiger partial charge in [-0.1, -0.05) is 12.1 Å². The van der Waals surface area contributed by atoms with E-state index in [2.05, 4.69) is 11.4 Å². The van der Waals surface area contributed by atoms with Crippen LogP contribution in [0.15, 0.2) is 36.4 Å². The molecule has 0 spiro atoms. The Morgan fingerprint density at radius 3 is 2.35 bits per heavy atom. The number of nitrogens with one attached hydrogen (secondary N) is 1. The number of aryl methyl sites for hydroxylation is 1. The van der Waals surface area contributed by atoms with Crippen molar-refractivity contribution in [2.75, 3.05) is 12.4 Å². The molecule has 0 aliphatic rings. The second-order valence-electron chi connectivity index (χ2n) is 4.63. The summed E-state index contributed by atoms with van der Waals surface area (Å²) in [5.41, 5.74) is 3.08. The van der Waals surface area contributed by atoms with Gasteiger partial charge in [-0.2, -0.15) is 5.26 Å². The van der Waals surface area contributed by atoms with E-state index in [0.29, 0.717) is 5.56 Å². The highest BCUT2D eigenvalue weighted by molar-refractivity contribution is 5.59. The van der Waals surface area contributed by atoms with Gasteiger partial charge in [-0.15, -0.1) is 0 Å². The van der Waals surface area contributed by atoms with E-state index in [1.807, 2.05) is 13.0 Å². The molecule has 0 aromatic heterocycles. The summed E-state index contributed by atoms with van der Waals surface area (Å²) in [6.07, 6.45) is 0. The minimum absolute atomic E-state index is 0.0829. The molecule has 20 heavy (non-hydrogen) atoms. The summed E-state index contributed by atoms with van der Waals surface area (Å²) in [5.74, 6) is -0.337. The van der Waals surface area contributed by atoms with Crippen LogP contribution in [-0.2, 0) is 0 Å². The maximum atomic E-state index is 10.1. The second kappa shape index (κ2) is 5.54. The maximum Gasteiger partial charge on any atom is 0.122 e. The zero-order chi connectivity index (χ0) is 14.7. The molecule has 3 N–H and O–H groups in total. The molecular formula is C16H16N2O2. The Bertz CT molecular complexity index is 657. The van der Waals surface area contributed by atoms with Gasteiger partial charge in [0, 0.05) is 24.4 Å². The van der Waals surface area contributed by atoms with Crippen molar-refractivity contribution in [2.45, 2.75) is 12.8 Å². The van der Waals surface area contributed by atoms with E-state index in [4.69, 9.17) is 0 Å². The van der Waals surface area contributed by atoms with Crippen molar-refractivity contribution in [2.24, 2.45) is 0 Å². The molecule has 102 valence electrons. The molecule has 1 atom stereocenters. The zero-order valence-corrected chi connectivity index (χ0v) is 11.4. The summed E-state index contributed by atoms with van der Waals surface area (Å²) in [7, 11) is 1.78. The molecule has 0 aliphatic carbocycles. The van der Waals surface area contributed by atoms with Gasteiger partial charge in [0.05, 0.1) is 12.0 Å². The zero-order valence-electron chi connectivity index (χ0n) is 11.4. The summed E-state index contributed by atoms with van der Waals surface area (Å²) in [6, 6.07) is 12.1. The topological polar surface area (TPSA) is 76.3 Å². The van der Waals surface area contributed by atoms with Gasteiger partial charge in [0.25, 0.3) is 0 Å². The summed E-state index contributed by atoms with van der Waals surface area (Å²) in [4.78, 5) is 0. The van der Waals surface area contributed by atoms with Gasteiger partial charge >= 0.3 is 0 Å². The fourth-order valence-corrected chi connectivity index (χ4v) is 2.21. The van der Waals surface area contributed by atoms with Crippen molar-refractivity contribution in [3.63, 3.8) is 0 Å². The summed E-state index contributed by atoms with van der Waals surface area (Å²) in [6.45, 7) is 1.92. The Labute approximate surface area is 117 Å². The predicted octanol–water partition coefficient (Wildman–Crippen LogP) is 3.10. The third kappa shape index (κ3) is 2.52. The predicted molar refractivity (Wildman–Crippen MR) is 78.0 cm³/mol. The highest BCUT2D eigenvalue weighted by Gasteiger charge is 2.18. The number of phenolic OH excluding ortho intramolecular Hbond substituents is 2. The highest BCUT2D eigenvalue weighted by atomic mass is 16.3. The quantitative estimate of drug-likeness (QED) is 0.799. The van der Waals surface area contributed by atoms with Crippen LogP contribution in [0.1, 0.15) is 22.6 Å². The van der Waals surface area contributed by atoms with Gasteiger partial charge in [0.1, 0.15) is 11.5 Å². The van der Waals surface area contributed by atoms with E-state index in [1.165, 1.54) is 12.1 Å². The SMILES string of the molecule is CNc1cc(O)c(C(C#N)c2ccc(O)cc2)cc1C. The smallest absolute Gasteiger partial charge is 0.122 e. The van der Waals surface area contributed by atoms with Crippen LogP contribution < -0.4 is 5.32 Å². The molecule has 2 aromatic rings. The number of anilines is 1. The lowest BCUT2D eigenvalue weighted by molar-refractivity contribution is 0.468. The molecule has 0 fully saturated rings. The van der Waals surface area contributed by atoms with Crippen molar-refractivity contribution in [3.8, 4) is 17.6 Å². The first-order chi connectivity index (χ1) is 9.56. The van der Waals surface area contributed by atoms with E-state index in [-0.39, 0.29) is 11.5 Å². The molecule has 0 bridgehead atoms. The van der Waals surface area contributed by atoms with Crippen molar-refractivity contribution in [1.82, 2.24) is 0 Å². The first kappa shape index (κ1) is 13.8. The minimum atomic E-state index is -0.569. The number of hydrogen-bond donors (Lipinski definition) is 3. The second-order valence-corrected chi connectivity index (χ2v) is 4.63. The lowest BCUT2D eigenvalue weighted by Gasteiger charge is -2.15. The van der Waals surface area contributed by atoms with Gasteiger partial charge < -0.3 is 15.5 Å². The number of nitriles is 1. The molecule has 1 unspecified atom stereocenters. The monoisotopic (exact) mass is 268 g/mol. The van der Waals surface area contributed by atoms with Crippen LogP contribution in [0.2, 0.25) is 0 Å². The average molecular weight is 268 g/mol. The third-order valence-electron chi connectivity index (χ3n) is 3.31. The Morgan fingerprint density at radius 2 is 1.80 bits per heavy atom. The molecule has 0 saturated carbocycles. The Balaban J connectivity index is 2.50. The number of aromatic hydroxyl groups is 2. The number of hydrogen-bond acceptors (Lipinski definition) is 4. The summed E-state index contributed by atoms with van der Waals surface area (Å²) >= 11 is 0.